The lowest BCUT2D eigenvalue weighted by molar-refractivity contribution is 0.111. The molecule has 184 valence electrons. The van der Waals surface area contributed by atoms with Crippen LogP contribution in [0.1, 0.15) is 10.5 Å². The van der Waals surface area contributed by atoms with Gasteiger partial charge in [0.2, 0.25) is 17.7 Å². The molecule has 0 radical (unpaired) electrons. The van der Waals surface area contributed by atoms with Crippen molar-refractivity contribution in [3.8, 4) is 63.3 Å². The molecule has 6 heterocycles. The third-order valence-electron chi connectivity index (χ3n) is 5.54. The summed E-state index contributed by atoms with van der Waals surface area (Å²) in [4.78, 5) is 37.7. The van der Waals surface area contributed by atoms with Crippen LogP contribution in [0.4, 0.5) is 0 Å². The number of carbonyl (C=O) groups excluding carboxylic acids is 1. The Hall–Kier alpha value is -5.51. The highest BCUT2D eigenvalue weighted by molar-refractivity contribution is 5.73. The van der Waals surface area contributed by atoms with Gasteiger partial charge in [0, 0.05) is 6.07 Å². The highest BCUT2D eigenvalue weighted by Crippen LogP contribution is 2.29. The van der Waals surface area contributed by atoms with Crippen molar-refractivity contribution in [2.45, 2.75) is 0 Å². The number of nitrogens with zero attached hydrogens (tertiary/aromatic N) is 6. The van der Waals surface area contributed by atoms with Crippen LogP contribution in [-0.4, -0.2) is 43.3 Å². The second kappa shape index (κ2) is 9.86. The Kier molecular flexibility index (Phi) is 5.95. The molecule has 0 saturated heterocycles. The Morgan fingerprint density at radius 1 is 0.605 bits per heavy atom. The van der Waals surface area contributed by atoms with Gasteiger partial charge in [-0.1, -0.05) is 24.3 Å². The van der Waals surface area contributed by atoms with E-state index in [1.165, 1.54) is 0 Å². The van der Waals surface area contributed by atoms with E-state index in [1.807, 2.05) is 42.5 Å². The van der Waals surface area contributed by atoms with Crippen molar-refractivity contribution in [1.29, 1.82) is 0 Å². The molecule has 0 aliphatic heterocycles. The lowest BCUT2D eigenvalue weighted by Crippen LogP contribution is -1.91. The Labute approximate surface area is 216 Å². The normalized spacial score (nSPS) is 10.9. The van der Waals surface area contributed by atoms with Gasteiger partial charge in [-0.2, -0.15) is 0 Å². The zero-order valence-electron chi connectivity index (χ0n) is 20.0. The van der Waals surface area contributed by atoms with E-state index >= 15 is 0 Å². The molecule has 0 bridgehead atoms. The molecule has 6 aromatic heterocycles. The van der Waals surface area contributed by atoms with Crippen LogP contribution in [0.25, 0.3) is 57.5 Å². The Balaban J connectivity index is 1.28. The molecule has 10 nitrogen and oxygen atoms in total. The second-order valence-electron chi connectivity index (χ2n) is 8.01. The van der Waals surface area contributed by atoms with Crippen molar-refractivity contribution in [3.63, 3.8) is 0 Å². The molecule has 0 aliphatic carbocycles. The predicted molar refractivity (Wildman–Crippen MR) is 137 cm³/mol. The Morgan fingerprint density at radius 2 is 1.11 bits per heavy atom. The molecule has 0 spiro atoms. The molecular weight excluding hydrogens is 484 g/mol. The van der Waals surface area contributed by atoms with E-state index in [4.69, 9.17) is 23.5 Å². The summed E-state index contributed by atoms with van der Waals surface area (Å²) in [6.07, 6.45) is 3.86. The number of pyridine rings is 4. The molecule has 6 aromatic rings. The third-order valence-corrected chi connectivity index (χ3v) is 5.54. The van der Waals surface area contributed by atoms with Gasteiger partial charge in [0.15, 0.2) is 17.8 Å². The van der Waals surface area contributed by atoms with Gasteiger partial charge in [-0.15, -0.1) is 0 Å². The van der Waals surface area contributed by atoms with Gasteiger partial charge >= 0.3 is 0 Å². The van der Waals surface area contributed by atoms with Crippen LogP contribution in [0, 0.1) is 0 Å². The predicted octanol–water partition coefficient (Wildman–Crippen LogP) is 5.40. The molecule has 6 rings (SSSR count). The van der Waals surface area contributed by atoms with Gasteiger partial charge in [0.05, 0.1) is 30.9 Å². The molecule has 0 saturated carbocycles. The summed E-state index contributed by atoms with van der Waals surface area (Å²) in [5, 5.41) is 0. The molecule has 0 atom stereocenters. The average molecular weight is 502 g/mol. The fraction of sp³-hybridized carbons (Fsp3) is 0.0357. The molecular formula is C28H18N6O4. The van der Waals surface area contributed by atoms with E-state index in [-0.39, 0.29) is 0 Å². The maximum Gasteiger partial charge on any atom is 0.245 e. The van der Waals surface area contributed by atoms with Crippen molar-refractivity contribution < 1.29 is 18.4 Å². The maximum atomic E-state index is 11.0. The highest BCUT2D eigenvalue weighted by atomic mass is 16.5. The molecule has 0 amide bonds. The van der Waals surface area contributed by atoms with Gasteiger partial charge in [-0.3, -0.25) is 4.79 Å². The number of aromatic nitrogens is 6. The molecule has 0 fully saturated rings. The number of ether oxygens (including phenoxy) is 1. The van der Waals surface area contributed by atoms with Crippen molar-refractivity contribution in [1.82, 2.24) is 29.9 Å². The molecule has 0 aliphatic rings. The van der Waals surface area contributed by atoms with Gasteiger partial charge < -0.3 is 13.6 Å². The standard InChI is InChI=1S/C28H18N6O4/c1-36-26-13-5-12-23(34-26)28-30-15-25(38-28)21-10-4-8-19(33-21)18-7-3-9-20(32-18)24-14-29-27(37-24)22-11-2-6-17(16-35)31-22/h2-16H,1H3. The summed E-state index contributed by atoms with van der Waals surface area (Å²) in [5.74, 6) is 2.08. The summed E-state index contributed by atoms with van der Waals surface area (Å²) in [7, 11) is 1.55. The molecule has 10 heteroatoms. The molecule has 0 unspecified atom stereocenters. The van der Waals surface area contributed by atoms with E-state index in [2.05, 4.69) is 19.9 Å². The largest absolute Gasteiger partial charge is 0.481 e. The first kappa shape index (κ1) is 22.9. The van der Waals surface area contributed by atoms with Gasteiger partial charge in [-0.25, -0.2) is 29.9 Å². The van der Waals surface area contributed by atoms with Crippen molar-refractivity contribution in [2.75, 3.05) is 7.11 Å². The average Bonchev–Trinajstić information content (AvgIpc) is 3.69. The van der Waals surface area contributed by atoms with E-state index in [0.29, 0.717) is 75.3 Å². The number of hydrogen-bond acceptors (Lipinski definition) is 10. The van der Waals surface area contributed by atoms with Crippen LogP contribution < -0.4 is 4.74 Å². The molecule has 0 N–H and O–H groups in total. The fourth-order valence-electron chi connectivity index (χ4n) is 3.73. The summed E-state index contributed by atoms with van der Waals surface area (Å²) >= 11 is 0. The number of rotatable bonds is 7. The summed E-state index contributed by atoms with van der Waals surface area (Å²) in [5.41, 5.74) is 3.76. The number of carbonyl (C=O) groups is 1. The van der Waals surface area contributed by atoms with Crippen LogP contribution in [0.3, 0.4) is 0 Å². The highest BCUT2D eigenvalue weighted by Gasteiger charge is 2.15. The lowest BCUT2D eigenvalue weighted by atomic mass is 10.2. The number of oxazole rings is 2. The SMILES string of the molecule is COc1cccc(-c2ncc(-c3cccc(-c4cccc(-c5cnc(-c6cccc(C=O)n6)o5)n4)n3)o2)n1. The van der Waals surface area contributed by atoms with Crippen LogP contribution in [0.5, 0.6) is 5.88 Å². The fourth-order valence-corrected chi connectivity index (χ4v) is 3.73. The van der Waals surface area contributed by atoms with E-state index in [0.717, 1.165) is 0 Å². The van der Waals surface area contributed by atoms with Crippen molar-refractivity contribution >= 4 is 6.29 Å². The van der Waals surface area contributed by atoms with Gasteiger partial charge in [0.1, 0.15) is 28.5 Å². The second-order valence-corrected chi connectivity index (χ2v) is 8.01. The monoisotopic (exact) mass is 502 g/mol. The smallest absolute Gasteiger partial charge is 0.245 e. The molecule has 0 aromatic carbocycles. The zero-order valence-corrected chi connectivity index (χ0v) is 20.0. The third kappa shape index (κ3) is 4.53. The quantitative estimate of drug-likeness (QED) is 0.262. The topological polar surface area (TPSA) is 130 Å². The summed E-state index contributed by atoms with van der Waals surface area (Å²) < 4.78 is 17.0. The van der Waals surface area contributed by atoms with Crippen LogP contribution in [0.15, 0.2) is 94.0 Å². The first-order chi connectivity index (χ1) is 18.7. The Bertz CT molecular complexity index is 1760. The minimum atomic E-state index is 0.294. The van der Waals surface area contributed by atoms with Gasteiger partial charge in [0.25, 0.3) is 0 Å². The Morgan fingerprint density at radius 3 is 1.68 bits per heavy atom. The number of hydrogen-bond donors (Lipinski definition) is 0. The maximum absolute atomic E-state index is 11.0. The van der Waals surface area contributed by atoms with Crippen LogP contribution in [0.2, 0.25) is 0 Å². The zero-order chi connectivity index (χ0) is 25.9. The van der Waals surface area contributed by atoms with Gasteiger partial charge in [-0.05, 0) is 42.5 Å². The summed E-state index contributed by atoms with van der Waals surface area (Å²) in [6, 6.07) is 21.5. The van der Waals surface area contributed by atoms with Crippen molar-refractivity contribution in [2.24, 2.45) is 0 Å². The van der Waals surface area contributed by atoms with E-state index in [1.54, 1.807) is 49.8 Å². The number of methoxy groups -OCH3 is 1. The first-order valence-corrected chi connectivity index (χ1v) is 11.5. The van der Waals surface area contributed by atoms with Crippen LogP contribution >= 0.6 is 0 Å². The number of aldehydes is 1. The first-order valence-electron chi connectivity index (χ1n) is 11.5. The van der Waals surface area contributed by atoms with E-state index in [9.17, 15) is 4.79 Å². The van der Waals surface area contributed by atoms with Crippen molar-refractivity contribution in [3.05, 3.63) is 90.9 Å². The van der Waals surface area contributed by atoms with E-state index < -0.39 is 0 Å². The minimum absolute atomic E-state index is 0.294. The van der Waals surface area contributed by atoms with Crippen LogP contribution in [-0.2, 0) is 0 Å². The summed E-state index contributed by atoms with van der Waals surface area (Å²) in [6.45, 7) is 0. The lowest BCUT2D eigenvalue weighted by Gasteiger charge is -2.04. The molecule has 38 heavy (non-hydrogen) atoms. The minimum Gasteiger partial charge on any atom is -0.481 e.